The molecule has 1 aromatic rings. The van der Waals surface area contributed by atoms with E-state index in [1.807, 2.05) is 20.0 Å². The summed E-state index contributed by atoms with van der Waals surface area (Å²) >= 11 is 7.12. The molecule has 1 heterocycles. The lowest BCUT2D eigenvalue weighted by Crippen LogP contribution is -2.26. The first kappa shape index (κ1) is 12.5. The van der Waals surface area contributed by atoms with Crippen molar-refractivity contribution in [2.45, 2.75) is 32.7 Å². The minimum absolute atomic E-state index is 0.00785. The Morgan fingerprint density at radius 1 is 1.73 bits per heavy atom. The highest BCUT2D eigenvalue weighted by Gasteiger charge is 2.11. The number of thiazole rings is 1. The number of aryl methyl sites for hydroxylation is 1. The Balaban J connectivity index is 2.41. The predicted molar refractivity (Wildman–Crippen MR) is 63.4 cm³/mol. The number of carbonyl (C=O) groups excluding carboxylic acids is 1. The first-order valence-corrected chi connectivity index (χ1v) is 6.26. The minimum atomic E-state index is -0.00785. The van der Waals surface area contributed by atoms with E-state index in [1.54, 1.807) is 11.3 Å². The van der Waals surface area contributed by atoms with Gasteiger partial charge in [0.15, 0.2) is 0 Å². The van der Waals surface area contributed by atoms with Gasteiger partial charge in [0.25, 0.3) is 0 Å². The lowest BCUT2D eigenvalue weighted by molar-refractivity contribution is -0.121. The number of halogens is 1. The third kappa shape index (κ3) is 4.18. The van der Waals surface area contributed by atoms with E-state index in [-0.39, 0.29) is 11.9 Å². The third-order valence-corrected chi connectivity index (χ3v) is 3.29. The van der Waals surface area contributed by atoms with Crippen molar-refractivity contribution < 1.29 is 4.79 Å². The predicted octanol–water partition coefficient (Wildman–Crippen LogP) is 2.65. The highest BCUT2D eigenvalue weighted by Crippen LogP contribution is 2.18. The lowest BCUT2D eigenvalue weighted by Gasteiger charge is -2.10. The van der Waals surface area contributed by atoms with Gasteiger partial charge in [-0.1, -0.05) is 0 Å². The van der Waals surface area contributed by atoms with Gasteiger partial charge in [-0.05, 0) is 20.3 Å². The second-order valence-electron chi connectivity index (χ2n) is 3.39. The molecule has 0 saturated carbocycles. The van der Waals surface area contributed by atoms with Gasteiger partial charge >= 0.3 is 0 Å². The summed E-state index contributed by atoms with van der Waals surface area (Å²) in [5, 5.41) is 3.85. The largest absolute Gasteiger partial charge is 0.347 e. The molecule has 1 unspecified atom stereocenters. The van der Waals surface area contributed by atoms with E-state index < -0.39 is 0 Å². The number of hydrogen-bond donors (Lipinski definition) is 1. The summed E-state index contributed by atoms with van der Waals surface area (Å²) in [6.45, 7) is 3.94. The quantitative estimate of drug-likeness (QED) is 0.812. The number of nitrogens with one attached hydrogen (secondary N) is 1. The maximum Gasteiger partial charge on any atom is 0.220 e. The van der Waals surface area contributed by atoms with Gasteiger partial charge in [-0.15, -0.1) is 22.9 Å². The van der Waals surface area contributed by atoms with Crippen molar-refractivity contribution >= 4 is 28.8 Å². The van der Waals surface area contributed by atoms with Gasteiger partial charge in [-0.2, -0.15) is 0 Å². The average Bonchev–Trinajstić information content (AvgIpc) is 2.61. The monoisotopic (exact) mass is 246 g/mol. The second kappa shape index (κ2) is 6.08. The Labute approximate surface area is 98.9 Å². The SMILES string of the molecule is Cc1cnc(C(C)NC(=O)CCCCl)s1. The zero-order valence-corrected chi connectivity index (χ0v) is 10.5. The van der Waals surface area contributed by atoms with Gasteiger partial charge in [0, 0.05) is 23.4 Å². The van der Waals surface area contributed by atoms with E-state index in [0.29, 0.717) is 12.3 Å². The van der Waals surface area contributed by atoms with Gasteiger partial charge in [0.1, 0.15) is 5.01 Å². The van der Waals surface area contributed by atoms with Crippen LogP contribution in [0.3, 0.4) is 0 Å². The topological polar surface area (TPSA) is 42.0 Å². The average molecular weight is 247 g/mol. The summed E-state index contributed by atoms with van der Waals surface area (Å²) < 4.78 is 0. The molecule has 1 N–H and O–H groups in total. The summed E-state index contributed by atoms with van der Waals surface area (Å²) in [7, 11) is 0. The van der Waals surface area contributed by atoms with Crippen molar-refractivity contribution in [3.05, 3.63) is 16.1 Å². The number of aromatic nitrogens is 1. The van der Waals surface area contributed by atoms with Crippen LogP contribution in [0.1, 0.15) is 35.7 Å². The normalized spacial score (nSPS) is 12.5. The Hall–Kier alpha value is -0.610. The minimum Gasteiger partial charge on any atom is -0.347 e. The molecule has 5 heteroatoms. The summed E-state index contributed by atoms with van der Waals surface area (Å²) in [5.41, 5.74) is 0. The summed E-state index contributed by atoms with van der Waals surface area (Å²) in [4.78, 5) is 16.8. The molecule has 15 heavy (non-hydrogen) atoms. The molecule has 0 spiro atoms. The van der Waals surface area contributed by atoms with Crippen LogP contribution in [0.2, 0.25) is 0 Å². The van der Waals surface area contributed by atoms with Crippen LogP contribution in [0.25, 0.3) is 0 Å². The first-order chi connectivity index (χ1) is 7.13. The molecule has 0 aliphatic heterocycles. The molecular weight excluding hydrogens is 232 g/mol. The number of nitrogens with zero attached hydrogens (tertiary/aromatic N) is 1. The van der Waals surface area contributed by atoms with E-state index in [9.17, 15) is 4.79 Å². The number of rotatable bonds is 5. The van der Waals surface area contributed by atoms with Crippen LogP contribution in [0.15, 0.2) is 6.20 Å². The zero-order chi connectivity index (χ0) is 11.3. The van der Waals surface area contributed by atoms with Crippen LogP contribution in [-0.4, -0.2) is 16.8 Å². The van der Waals surface area contributed by atoms with Crippen LogP contribution in [-0.2, 0) is 4.79 Å². The first-order valence-electron chi connectivity index (χ1n) is 4.91. The zero-order valence-electron chi connectivity index (χ0n) is 8.92. The van der Waals surface area contributed by atoms with Crippen LogP contribution in [0, 0.1) is 6.92 Å². The van der Waals surface area contributed by atoms with E-state index >= 15 is 0 Å². The second-order valence-corrected chi connectivity index (χ2v) is 5.04. The van der Waals surface area contributed by atoms with Gasteiger partial charge in [-0.25, -0.2) is 4.98 Å². The fraction of sp³-hybridized carbons (Fsp3) is 0.600. The van der Waals surface area contributed by atoms with E-state index in [2.05, 4.69) is 10.3 Å². The van der Waals surface area contributed by atoms with Crippen LogP contribution < -0.4 is 5.32 Å². The molecule has 0 bridgehead atoms. The molecule has 1 aromatic heterocycles. The molecule has 0 aliphatic rings. The molecule has 1 atom stereocenters. The Morgan fingerprint density at radius 2 is 2.47 bits per heavy atom. The summed E-state index contributed by atoms with van der Waals surface area (Å²) in [6, 6.07) is -0.00785. The number of amides is 1. The Kier molecular flexibility index (Phi) is 5.05. The molecule has 1 amide bonds. The van der Waals surface area contributed by atoms with E-state index in [1.165, 1.54) is 0 Å². The number of hydrogen-bond acceptors (Lipinski definition) is 3. The molecule has 0 radical (unpaired) electrons. The number of carbonyl (C=O) groups is 1. The van der Waals surface area contributed by atoms with Crippen LogP contribution in [0.5, 0.6) is 0 Å². The molecule has 0 fully saturated rings. The highest BCUT2D eigenvalue weighted by molar-refractivity contribution is 7.11. The van der Waals surface area contributed by atoms with Crippen LogP contribution in [0.4, 0.5) is 0 Å². The molecule has 0 aromatic carbocycles. The van der Waals surface area contributed by atoms with Crippen molar-refractivity contribution in [3.63, 3.8) is 0 Å². The maximum atomic E-state index is 11.4. The summed E-state index contributed by atoms with van der Waals surface area (Å²) in [5.74, 6) is 0.564. The van der Waals surface area contributed by atoms with Crippen molar-refractivity contribution in [2.24, 2.45) is 0 Å². The van der Waals surface area contributed by atoms with Crippen molar-refractivity contribution in [1.29, 1.82) is 0 Å². The highest BCUT2D eigenvalue weighted by atomic mass is 35.5. The van der Waals surface area contributed by atoms with E-state index in [0.717, 1.165) is 16.3 Å². The molecule has 84 valence electrons. The maximum absolute atomic E-state index is 11.4. The van der Waals surface area contributed by atoms with Gasteiger partial charge in [0.05, 0.1) is 6.04 Å². The van der Waals surface area contributed by atoms with Gasteiger partial charge in [0.2, 0.25) is 5.91 Å². The standard InChI is InChI=1S/C10H15ClN2OS/c1-7-6-12-10(15-7)8(2)13-9(14)4-3-5-11/h6,8H,3-5H2,1-2H3,(H,13,14). The molecular formula is C10H15ClN2OS. The van der Waals surface area contributed by atoms with Gasteiger partial charge < -0.3 is 5.32 Å². The van der Waals surface area contributed by atoms with Crippen LogP contribution >= 0.6 is 22.9 Å². The fourth-order valence-corrected chi connectivity index (χ4v) is 2.09. The molecule has 3 nitrogen and oxygen atoms in total. The number of alkyl halides is 1. The van der Waals surface area contributed by atoms with Gasteiger partial charge in [-0.3, -0.25) is 4.79 Å². The summed E-state index contributed by atoms with van der Waals surface area (Å²) in [6.07, 6.45) is 3.02. The van der Waals surface area contributed by atoms with Crippen molar-refractivity contribution in [1.82, 2.24) is 10.3 Å². The van der Waals surface area contributed by atoms with Crippen molar-refractivity contribution in [2.75, 3.05) is 5.88 Å². The molecule has 0 aliphatic carbocycles. The van der Waals surface area contributed by atoms with Crippen molar-refractivity contribution in [3.8, 4) is 0 Å². The van der Waals surface area contributed by atoms with E-state index in [4.69, 9.17) is 11.6 Å². The molecule has 0 saturated heterocycles. The third-order valence-electron chi connectivity index (χ3n) is 1.92. The lowest BCUT2D eigenvalue weighted by atomic mass is 10.3. The smallest absolute Gasteiger partial charge is 0.220 e. The Bertz CT molecular complexity index is 327. The molecule has 1 rings (SSSR count). The fourth-order valence-electron chi connectivity index (χ4n) is 1.18. The Morgan fingerprint density at radius 3 is 3.00 bits per heavy atom.